The number of phenols is 1. The monoisotopic (exact) mass is 384 g/mol. The highest BCUT2D eigenvalue weighted by molar-refractivity contribution is 8.18. The first kappa shape index (κ1) is 18.5. The predicted molar refractivity (Wildman–Crippen MR) is 103 cm³/mol. The van der Waals surface area contributed by atoms with E-state index in [1.807, 2.05) is 24.3 Å². The fourth-order valence-corrected chi connectivity index (χ4v) is 3.40. The number of methoxy groups -OCH3 is 1. The Labute approximate surface area is 159 Å². The number of thioether (sulfide) groups is 1. The molecule has 2 aromatic rings. The normalized spacial score (nSPS) is 17.0. The fraction of sp³-hybridized carbons (Fsp3) is 0.105. The van der Waals surface area contributed by atoms with E-state index in [9.17, 15) is 14.7 Å². The minimum Gasteiger partial charge on any atom is -0.507 e. The molecule has 0 radical (unpaired) electrons. The number of carbonyl (C=O) groups excluding carboxylic acids is 1. The number of benzene rings is 2. The zero-order valence-corrected chi connectivity index (χ0v) is 15.4. The Morgan fingerprint density at radius 1 is 1.26 bits per heavy atom. The number of hydrogen-bond acceptors (Lipinski definition) is 6. The standard InChI is InChI=1S/C19H16N2O5S/c1-21-17(23)16(9-11-4-3-5-13(8-11)26-2)27-19(21)20-12-6-7-14(18(24)25)15(22)10-12/h3-10,22H,1-2H3,(H,24,25)/b16-9-,20-19?. The third-order valence-electron chi connectivity index (χ3n) is 3.83. The topological polar surface area (TPSA) is 99.4 Å². The highest BCUT2D eigenvalue weighted by Crippen LogP contribution is 2.34. The summed E-state index contributed by atoms with van der Waals surface area (Å²) in [5.74, 6) is -1.12. The van der Waals surface area contributed by atoms with Crippen molar-refractivity contribution in [3.05, 3.63) is 58.5 Å². The highest BCUT2D eigenvalue weighted by atomic mass is 32.2. The Hall–Kier alpha value is -3.26. The first-order valence-corrected chi connectivity index (χ1v) is 8.67. The number of hydrogen-bond donors (Lipinski definition) is 2. The Balaban J connectivity index is 1.89. The van der Waals surface area contributed by atoms with E-state index in [1.165, 1.54) is 34.9 Å². The van der Waals surface area contributed by atoms with E-state index in [1.54, 1.807) is 20.2 Å². The molecule has 1 saturated heterocycles. The van der Waals surface area contributed by atoms with Crippen LogP contribution in [-0.4, -0.2) is 46.3 Å². The van der Waals surface area contributed by atoms with Gasteiger partial charge in [0.25, 0.3) is 5.91 Å². The van der Waals surface area contributed by atoms with Gasteiger partial charge in [0.15, 0.2) is 5.17 Å². The van der Waals surface area contributed by atoms with Gasteiger partial charge in [-0.3, -0.25) is 9.69 Å². The summed E-state index contributed by atoms with van der Waals surface area (Å²) in [5, 5.41) is 19.2. The van der Waals surface area contributed by atoms with Crippen LogP contribution in [0, 0.1) is 0 Å². The molecule has 0 bridgehead atoms. The van der Waals surface area contributed by atoms with E-state index in [0.717, 1.165) is 5.56 Å². The van der Waals surface area contributed by atoms with Crippen molar-refractivity contribution >= 4 is 40.6 Å². The molecule has 1 aliphatic heterocycles. The molecule has 8 heteroatoms. The van der Waals surface area contributed by atoms with Gasteiger partial charge in [0, 0.05) is 13.1 Å². The van der Waals surface area contributed by atoms with Crippen LogP contribution in [0.25, 0.3) is 6.08 Å². The van der Waals surface area contributed by atoms with E-state index in [4.69, 9.17) is 9.84 Å². The molecule has 138 valence electrons. The number of nitrogens with zero attached hydrogens (tertiary/aromatic N) is 2. The SMILES string of the molecule is COc1cccc(/C=C2\SC(=Nc3ccc(C(=O)O)c(O)c3)N(C)C2=O)c1. The van der Waals surface area contributed by atoms with Crippen molar-refractivity contribution in [2.45, 2.75) is 0 Å². The molecule has 1 amide bonds. The third-order valence-corrected chi connectivity index (χ3v) is 4.89. The van der Waals surface area contributed by atoms with Gasteiger partial charge in [0.2, 0.25) is 0 Å². The largest absolute Gasteiger partial charge is 0.507 e. The lowest BCUT2D eigenvalue weighted by Gasteiger charge is -2.07. The second-order valence-electron chi connectivity index (χ2n) is 5.65. The van der Waals surface area contributed by atoms with Gasteiger partial charge in [-0.2, -0.15) is 0 Å². The smallest absolute Gasteiger partial charge is 0.339 e. The molecule has 0 saturated carbocycles. The molecule has 2 aromatic carbocycles. The van der Waals surface area contributed by atoms with Crippen LogP contribution < -0.4 is 4.74 Å². The van der Waals surface area contributed by atoms with Crippen LogP contribution in [0.15, 0.2) is 52.4 Å². The summed E-state index contributed by atoms with van der Waals surface area (Å²) in [6.07, 6.45) is 1.75. The number of ether oxygens (including phenoxy) is 1. The van der Waals surface area contributed by atoms with Crippen LogP contribution in [-0.2, 0) is 4.79 Å². The molecule has 1 aliphatic rings. The van der Waals surface area contributed by atoms with Crippen molar-refractivity contribution < 1.29 is 24.5 Å². The molecule has 0 unspecified atom stereocenters. The van der Waals surface area contributed by atoms with Crippen molar-refractivity contribution in [2.75, 3.05) is 14.2 Å². The lowest BCUT2D eigenvalue weighted by molar-refractivity contribution is -0.121. The summed E-state index contributed by atoms with van der Waals surface area (Å²) in [4.78, 5) is 29.7. The van der Waals surface area contributed by atoms with Gasteiger partial charge < -0.3 is 14.9 Å². The van der Waals surface area contributed by atoms with Crippen LogP contribution in [0.3, 0.4) is 0 Å². The lowest BCUT2D eigenvalue weighted by atomic mass is 10.2. The first-order chi connectivity index (χ1) is 12.9. The lowest BCUT2D eigenvalue weighted by Crippen LogP contribution is -2.23. The molecule has 1 heterocycles. The average molecular weight is 384 g/mol. The molecule has 0 spiro atoms. The molecule has 0 aromatic heterocycles. The number of amidine groups is 1. The Morgan fingerprint density at radius 3 is 2.70 bits per heavy atom. The molecule has 3 rings (SSSR count). The number of aromatic carboxylic acids is 1. The van der Waals surface area contributed by atoms with Gasteiger partial charge >= 0.3 is 5.97 Å². The summed E-state index contributed by atoms with van der Waals surface area (Å²) < 4.78 is 5.18. The molecule has 1 fully saturated rings. The molecule has 7 nitrogen and oxygen atoms in total. The van der Waals surface area contributed by atoms with E-state index >= 15 is 0 Å². The van der Waals surface area contributed by atoms with Gasteiger partial charge in [-0.1, -0.05) is 12.1 Å². The summed E-state index contributed by atoms with van der Waals surface area (Å²) in [7, 11) is 3.18. The van der Waals surface area contributed by atoms with Crippen LogP contribution >= 0.6 is 11.8 Å². The van der Waals surface area contributed by atoms with Gasteiger partial charge in [-0.25, -0.2) is 9.79 Å². The first-order valence-electron chi connectivity index (χ1n) is 7.85. The maximum atomic E-state index is 12.5. The van der Waals surface area contributed by atoms with E-state index in [2.05, 4.69) is 4.99 Å². The molecule has 2 N–H and O–H groups in total. The van der Waals surface area contributed by atoms with Crippen molar-refractivity contribution in [1.82, 2.24) is 4.90 Å². The van der Waals surface area contributed by atoms with Crippen LogP contribution in [0.1, 0.15) is 15.9 Å². The van der Waals surface area contributed by atoms with Gasteiger partial charge in [0.05, 0.1) is 17.7 Å². The minimum absolute atomic E-state index is 0.201. The molecular formula is C19H16N2O5S. The zero-order valence-electron chi connectivity index (χ0n) is 14.5. The second kappa shape index (κ2) is 7.55. The van der Waals surface area contributed by atoms with Crippen molar-refractivity contribution in [2.24, 2.45) is 4.99 Å². The number of amides is 1. The second-order valence-corrected chi connectivity index (χ2v) is 6.66. The summed E-state index contributed by atoms with van der Waals surface area (Å²) in [5.41, 5.74) is 0.964. The zero-order chi connectivity index (χ0) is 19.6. The van der Waals surface area contributed by atoms with E-state index < -0.39 is 5.97 Å². The third kappa shape index (κ3) is 3.95. The predicted octanol–water partition coefficient (Wildman–Crippen LogP) is 3.33. The van der Waals surface area contributed by atoms with Crippen LogP contribution in [0.5, 0.6) is 11.5 Å². The molecule has 27 heavy (non-hydrogen) atoms. The number of aliphatic imine (C=N–C) groups is 1. The van der Waals surface area contributed by atoms with Crippen molar-refractivity contribution in [3.63, 3.8) is 0 Å². The fourth-order valence-electron chi connectivity index (χ4n) is 2.42. The molecular weight excluding hydrogens is 368 g/mol. The maximum Gasteiger partial charge on any atom is 0.339 e. The molecule has 0 aliphatic carbocycles. The van der Waals surface area contributed by atoms with Gasteiger partial charge in [-0.05, 0) is 47.7 Å². The molecule has 0 atom stereocenters. The van der Waals surface area contributed by atoms with Gasteiger partial charge in [0.1, 0.15) is 17.1 Å². The summed E-state index contributed by atoms with van der Waals surface area (Å²) in [6, 6.07) is 11.3. The number of carboxylic acid groups (broad SMARTS) is 1. The highest BCUT2D eigenvalue weighted by Gasteiger charge is 2.30. The van der Waals surface area contributed by atoms with Gasteiger partial charge in [-0.15, -0.1) is 0 Å². The number of rotatable bonds is 4. The number of carbonyl (C=O) groups is 2. The number of aromatic hydroxyl groups is 1. The van der Waals surface area contributed by atoms with Crippen molar-refractivity contribution in [1.29, 1.82) is 0 Å². The van der Waals surface area contributed by atoms with Crippen LogP contribution in [0.2, 0.25) is 0 Å². The van der Waals surface area contributed by atoms with Crippen LogP contribution in [0.4, 0.5) is 5.69 Å². The van der Waals surface area contributed by atoms with Crippen molar-refractivity contribution in [3.8, 4) is 11.5 Å². The Kier molecular flexibility index (Phi) is 5.18. The Bertz CT molecular complexity index is 984. The number of carboxylic acids is 1. The Morgan fingerprint density at radius 2 is 2.04 bits per heavy atom. The van der Waals surface area contributed by atoms with E-state index in [0.29, 0.717) is 21.5 Å². The average Bonchev–Trinajstić information content (AvgIpc) is 2.89. The summed E-state index contributed by atoms with van der Waals surface area (Å²) in [6.45, 7) is 0. The summed E-state index contributed by atoms with van der Waals surface area (Å²) >= 11 is 1.20. The number of likely N-dealkylation sites (N-methyl/N-ethyl adjacent to an activating group) is 1. The quantitative estimate of drug-likeness (QED) is 0.785. The minimum atomic E-state index is -1.22. The maximum absolute atomic E-state index is 12.5. The van der Waals surface area contributed by atoms with E-state index in [-0.39, 0.29) is 17.2 Å².